The van der Waals surface area contributed by atoms with Crippen molar-refractivity contribution in [1.29, 1.82) is 0 Å². The Hall–Kier alpha value is -2.89. The molecule has 2 aromatic carbocycles. The average Bonchev–Trinajstić information content (AvgIpc) is 3.41. The molecule has 0 saturated heterocycles. The summed E-state index contributed by atoms with van der Waals surface area (Å²) in [7, 11) is 1.58. The molecule has 5 nitrogen and oxygen atoms in total. The first kappa shape index (κ1) is 17.0. The van der Waals surface area contributed by atoms with Crippen LogP contribution >= 0.6 is 0 Å². The summed E-state index contributed by atoms with van der Waals surface area (Å²) >= 11 is 0. The van der Waals surface area contributed by atoms with E-state index in [1.165, 1.54) is 18.2 Å². The molecule has 2 aromatic rings. The van der Waals surface area contributed by atoms with E-state index in [2.05, 4.69) is 10.6 Å². The molecule has 0 aliphatic heterocycles. The topological polar surface area (TPSA) is 67.4 Å². The molecular weight excluding hydrogens is 323 g/mol. The number of methoxy groups -OCH3 is 1. The standard InChI is InChI=1S/C19H19FN2O3/c1-25-17-8-3-2-5-12(17)11-21-18(23)15-10-16(15)19(24)22-14-7-4-6-13(20)9-14/h2-9,15-16H,10-11H2,1H3,(H,21,23)(H,22,24). The van der Waals surface area contributed by atoms with E-state index in [-0.39, 0.29) is 23.7 Å². The van der Waals surface area contributed by atoms with Crippen molar-refractivity contribution in [2.24, 2.45) is 11.8 Å². The minimum absolute atomic E-state index is 0.162. The number of carbonyl (C=O) groups excluding carboxylic acids is 2. The van der Waals surface area contributed by atoms with Crippen LogP contribution in [0.1, 0.15) is 12.0 Å². The summed E-state index contributed by atoms with van der Waals surface area (Å²) in [6.07, 6.45) is 0.499. The van der Waals surface area contributed by atoms with Crippen LogP contribution in [0.25, 0.3) is 0 Å². The zero-order valence-corrected chi connectivity index (χ0v) is 13.8. The molecule has 0 heterocycles. The second-order valence-electron chi connectivity index (χ2n) is 5.98. The van der Waals surface area contributed by atoms with Gasteiger partial charge in [0.05, 0.1) is 18.9 Å². The van der Waals surface area contributed by atoms with Crippen molar-refractivity contribution in [3.8, 4) is 5.75 Å². The van der Waals surface area contributed by atoms with Gasteiger partial charge < -0.3 is 15.4 Å². The van der Waals surface area contributed by atoms with E-state index in [1.807, 2.05) is 24.3 Å². The SMILES string of the molecule is COc1ccccc1CNC(=O)C1CC1C(=O)Nc1cccc(F)c1. The lowest BCUT2D eigenvalue weighted by Gasteiger charge is -2.09. The highest BCUT2D eigenvalue weighted by molar-refractivity contribution is 5.99. The van der Waals surface area contributed by atoms with E-state index in [0.29, 0.717) is 24.4 Å². The summed E-state index contributed by atoms with van der Waals surface area (Å²) in [5, 5.41) is 5.48. The molecule has 1 aliphatic rings. The van der Waals surface area contributed by atoms with Crippen molar-refractivity contribution in [1.82, 2.24) is 5.32 Å². The van der Waals surface area contributed by atoms with E-state index >= 15 is 0 Å². The van der Waals surface area contributed by atoms with Gasteiger partial charge in [-0.15, -0.1) is 0 Å². The molecule has 3 rings (SSSR count). The predicted octanol–water partition coefficient (Wildman–Crippen LogP) is 2.73. The van der Waals surface area contributed by atoms with Gasteiger partial charge in [-0.1, -0.05) is 24.3 Å². The van der Waals surface area contributed by atoms with Crippen molar-refractivity contribution in [2.75, 3.05) is 12.4 Å². The number of hydrogen-bond donors (Lipinski definition) is 2. The number of nitrogens with one attached hydrogen (secondary N) is 2. The lowest BCUT2D eigenvalue weighted by atomic mass is 10.2. The second-order valence-corrected chi connectivity index (χ2v) is 5.98. The Morgan fingerprint density at radius 2 is 1.88 bits per heavy atom. The van der Waals surface area contributed by atoms with Crippen molar-refractivity contribution in [2.45, 2.75) is 13.0 Å². The number of ether oxygens (including phenoxy) is 1. The first-order valence-electron chi connectivity index (χ1n) is 8.04. The summed E-state index contributed by atoms with van der Waals surface area (Å²) in [5.74, 6) is -0.851. The Balaban J connectivity index is 1.51. The number of para-hydroxylation sites is 1. The zero-order valence-electron chi connectivity index (χ0n) is 13.8. The Labute approximate surface area is 145 Å². The molecule has 2 atom stereocenters. The predicted molar refractivity (Wildman–Crippen MR) is 91.5 cm³/mol. The second kappa shape index (κ2) is 7.34. The maximum atomic E-state index is 13.1. The van der Waals surface area contributed by atoms with Gasteiger partial charge >= 0.3 is 0 Å². The maximum Gasteiger partial charge on any atom is 0.228 e. The average molecular weight is 342 g/mol. The highest BCUT2D eigenvalue weighted by Crippen LogP contribution is 2.39. The van der Waals surface area contributed by atoms with Crippen LogP contribution in [0, 0.1) is 17.7 Å². The van der Waals surface area contributed by atoms with Crippen molar-refractivity contribution in [3.63, 3.8) is 0 Å². The van der Waals surface area contributed by atoms with Crippen molar-refractivity contribution in [3.05, 3.63) is 59.9 Å². The van der Waals surface area contributed by atoms with Crippen LogP contribution in [-0.4, -0.2) is 18.9 Å². The highest BCUT2D eigenvalue weighted by atomic mass is 19.1. The molecule has 2 unspecified atom stereocenters. The van der Waals surface area contributed by atoms with Crippen molar-refractivity contribution >= 4 is 17.5 Å². The monoisotopic (exact) mass is 342 g/mol. The van der Waals surface area contributed by atoms with E-state index in [1.54, 1.807) is 13.2 Å². The summed E-state index contributed by atoms with van der Waals surface area (Å²) in [6.45, 7) is 0.345. The Morgan fingerprint density at radius 1 is 1.12 bits per heavy atom. The molecular formula is C19H19FN2O3. The van der Waals surface area contributed by atoms with Gasteiger partial charge in [0.2, 0.25) is 11.8 Å². The lowest BCUT2D eigenvalue weighted by molar-refractivity contribution is -0.125. The van der Waals surface area contributed by atoms with Crippen LogP contribution < -0.4 is 15.4 Å². The van der Waals surface area contributed by atoms with Crippen LogP contribution in [0.2, 0.25) is 0 Å². The minimum atomic E-state index is -0.417. The normalized spacial score (nSPS) is 18.3. The number of carbonyl (C=O) groups is 2. The first-order valence-corrected chi connectivity index (χ1v) is 8.04. The minimum Gasteiger partial charge on any atom is -0.496 e. The number of amides is 2. The van der Waals surface area contributed by atoms with Gasteiger partial charge in [0.15, 0.2) is 0 Å². The van der Waals surface area contributed by atoms with Crippen LogP contribution in [0.4, 0.5) is 10.1 Å². The summed E-state index contributed by atoms with van der Waals surface area (Å²) in [4.78, 5) is 24.3. The third-order valence-corrected chi connectivity index (χ3v) is 4.20. The largest absolute Gasteiger partial charge is 0.496 e. The smallest absolute Gasteiger partial charge is 0.228 e. The summed E-state index contributed by atoms with van der Waals surface area (Å²) in [5.41, 5.74) is 1.27. The van der Waals surface area contributed by atoms with Gasteiger partial charge in [0.1, 0.15) is 11.6 Å². The molecule has 1 saturated carbocycles. The molecule has 0 aromatic heterocycles. The van der Waals surface area contributed by atoms with Gasteiger partial charge in [0, 0.05) is 17.8 Å². The van der Waals surface area contributed by atoms with Gasteiger partial charge in [0.25, 0.3) is 0 Å². The zero-order chi connectivity index (χ0) is 17.8. The third-order valence-electron chi connectivity index (χ3n) is 4.20. The molecule has 2 N–H and O–H groups in total. The number of benzene rings is 2. The quantitative estimate of drug-likeness (QED) is 0.848. The van der Waals surface area contributed by atoms with Crippen LogP contribution in [0.3, 0.4) is 0 Å². The molecule has 2 amide bonds. The third kappa shape index (κ3) is 4.15. The fraction of sp³-hybridized carbons (Fsp3) is 0.263. The maximum absolute atomic E-state index is 13.1. The lowest BCUT2D eigenvalue weighted by Crippen LogP contribution is -2.27. The Morgan fingerprint density at radius 3 is 2.64 bits per heavy atom. The van der Waals surface area contributed by atoms with E-state index in [4.69, 9.17) is 4.74 Å². The highest BCUT2D eigenvalue weighted by Gasteiger charge is 2.47. The van der Waals surface area contributed by atoms with Crippen LogP contribution in [0.5, 0.6) is 5.75 Å². The van der Waals surface area contributed by atoms with Gasteiger partial charge in [-0.05, 0) is 30.7 Å². The Bertz CT molecular complexity index is 794. The van der Waals surface area contributed by atoms with Gasteiger partial charge in [-0.2, -0.15) is 0 Å². The molecule has 6 heteroatoms. The molecule has 1 fully saturated rings. The molecule has 1 aliphatic carbocycles. The fourth-order valence-corrected chi connectivity index (χ4v) is 2.74. The number of hydrogen-bond acceptors (Lipinski definition) is 3. The van der Waals surface area contributed by atoms with Crippen LogP contribution in [0.15, 0.2) is 48.5 Å². The molecule has 25 heavy (non-hydrogen) atoms. The van der Waals surface area contributed by atoms with Crippen LogP contribution in [-0.2, 0) is 16.1 Å². The first-order chi connectivity index (χ1) is 12.1. The molecule has 0 radical (unpaired) electrons. The molecule has 130 valence electrons. The molecule has 0 spiro atoms. The van der Waals surface area contributed by atoms with E-state index in [0.717, 1.165) is 5.56 Å². The fourth-order valence-electron chi connectivity index (χ4n) is 2.74. The summed E-state index contributed by atoms with van der Waals surface area (Å²) < 4.78 is 18.4. The number of halogens is 1. The summed E-state index contributed by atoms with van der Waals surface area (Å²) in [6, 6.07) is 13.1. The van der Waals surface area contributed by atoms with Crippen molar-refractivity contribution < 1.29 is 18.7 Å². The van der Waals surface area contributed by atoms with E-state index in [9.17, 15) is 14.0 Å². The van der Waals surface area contributed by atoms with Gasteiger partial charge in [-0.3, -0.25) is 9.59 Å². The number of anilines is 1. The van der Waals surface area contributed by atoms with E-state index < -0.39 is 5.82 Å². The Kier molecular flexibility index (Phi) is 4.97. The number of rotatable bonds is 6. The molecule has 0 bridgehead atoms. The van der Waals surface area contributed by atoms with Gasteiger partial charge in [-0.25, -0.2) is 4.39 Å².